The molecule has 0 aliphatic heterocycles. The van der Waals surface area contributed by atoms with Gasteiger partial charge in [0.15, 0.2) is 18.1 Å². The van der Waals surface area contributed by atoms with Gasteiger partial charge in [-0.1, -0.05) is 11.6 Å². The summed E-state index contributed by atoms with van der Waals surface area (Å²) in [5.74, 6) is 0.744. The second kappa shape index (κ2) is 9.85. The number of ether oxygens (including phenoxy) is 2. The van der Waals surface area contributed by atoms with Crippen molar-refractivity contribution in [3.05, 3.63) is 22.7 Å². The highest BCUT2D eigenvalue weighted by atomic mass is 35.5. The number of benzene rings is 1. The van der Waals surface area contributed by atoms with Crippen molar-refractivity contribution in [2.75, 3.05) is 19.8 Å². The molecule has 3 N–H and O–H groups in total. The van der Waals surface area contributed by atoms with E-state index in [1.54, 1.807) is 19.1 Å². The van der Waals surface area contributed by atoms with Crippen molar-refractivity contribution in [2.24, 2.45) is 0 Å². The molecule has 0 spiro atoms. The molecule has 0 aliphatic carbocycles. The highest BCUT2D eigenvalue weighted by Crippen LogP contribution is 2.33. The van der Waals surface area contributed by atoms with Crippen LogP contribution in [0, 0.1) is 0 Å². The van der Waals surface area contributed by atoms with Gasteiger partial charge in [-0.2, -0.15) is 0 Å². The van der Waals surface area contributed by atoms with Gasteiger partial charge in [0.2, 0.25) is 0 Å². The third kappa shape index (κ3) is 8.43. The number of hydrogen-bond donors (Lipinski definition) is 3. The predicted octanol–water partition coefficient (Wildman–Crippen LogP) is 2.50. The molecular weight excluding hydrogens is 344 g/mol. The molecule has 0 heterocycles. The van der Waals surface area contributed by atoms with E-state index in [-0.39, 0.29) is 18.1 Å². The molecule has 1 unspecified atom stereocenters. The van der Waals surface area contributed by atoms with Crippen LogP contribution in [0.4, 0.5) is 0 Å². The Balaban J connectivity index is 2.81. The first-order valence-corrected chi connectivity index (χ1v) is 8.78. The standard InChI is InChI=1S/C18H29ClN2O4/c1-6-24-15-7-13(10-20-9-12(2)22)14(19)8-16(15)25-11-17(23)21-18(3,4)5/h7-8,12,20,22H,6,9-11H2,1-5H3,(H,21,23). The van der Waals surface area contributed by atoms with Crippen LogP contribution in [0.2, 0.25) is 5.02 Å². The van der Waals surface area contributed by atoms with Crippen LogP contribution in [0.5, 0.6) is 11.5 Å². The van der Waals surface area contributed by atoms with E-state index in [0.29, 0.717) is 36.2 Å². The van der Waals surface area contributed by atoms with E-state index in [1.165, 1.54) is 0 Å². The second-order valence-corrected chi connectivity index (χ2v) is 7.30. The van der Waals surface area contributed by atoms with Crippen LogP contribution >= 0.6 is 11.6 Å². The Morgan fingerprint density at radius 2 is 1.92 bits per heavy atom. The highest BCUT2D eigenvalue weighted by molar-refractivity contribution is 6.31. The molecule has 1 rings (SSSR count). The summed E-state index contributed by atoms with van der Waals surface area (Å²) in [5.41, 5.74) is 0.512. The van der Waals surface area contributed by atoms with Crippen LogP contribution in [-0.4, -0.2) is 42.4 Å². The second-order valence-electron chi connectivity index (χ2n) is 6.89. The van der Waals surface area contributed by atoms with Gasteiger partial charge < -0.3 is 25.2 Å². The first-order valence-electron chi connectivity index (χ1n) is 8.40. The Bertz CT molecular complexity index is 571. The number of halogens is 1. The topological polar surface area (TPSA) is 79.8 Å². The van der Waals surface area contributed by atoms with Crippen molar-refractivity contribution in [2.45, 2.75) is 52.8 Å². The van der Waals surface area contributed by atoms with Gasteiger partial charge in [-0.05, 0) is 46.2 Å². The highest BCUT2D eigenvalue weighted by Gasteiger charge is 2.16. The van der Waals surface area contributed by atoms with Gasteiger partial charge in [-0.3, -0.25) is 4.79 Å². The number of hydrogen-bond acceptors (Lipinski definition) is 5. The number of amides is 1. The van der Waals surface area contributed by atoms with Gasteiger partial charge in [0, 0.05) is 29.7 Å². The first-order chi connectivity index (χ1) is 11.6. The minimum absolute atomic E-state index is 0.118. The lowest BCUT2D eigenvalue weighted by Crippen LogP contribution is -2.43. The molecule has 1 amide bonds. The van der Waals surface area contributed by atoms with E-state index in [0.717, 1.165) is 5.56 Å². The van der Waals surface area contributed by atoms with Gasteiger partial charge in [0.1, 0.15) is 0 Å². The maximum Gasteiger partial charge on any atom is 0.258 e. The summed E-state index contributed by atoms with van der Waals surface area (Å²) in [6, 6.07) is 3.44. The molecule has 1 atom stereocenters. The van der Waals surface area contributed by atoms with Gasteiger partial charge in [-0.25, -0.2) is 0 Å². The molecule has 0 fully saturated rings. The quantitative estimate of drug-likeness (QED) is 0.620. The van der Waals surface area contributed by atoms with E-state index in [4.69, 9.17) is 21.1 Å². The number of nitrogens with one attached hydrogen (secondary N) is 2. The molecule has 7 heteroatoms. The molecule has 25 heavy (non-hydrogen) atoms. The largest absolute Gasteiger partial charge is 0.490 e. The maximum absolute atomic E-state index is 11.9. The van der Waals surface area contributed by atoms with E-state index >= 15 is 0 Å². The Labute approximate surface area is 154 Å². The number of carbonyl (C=O) groups is 1. The zero-order chi connectivity index (χ0) is 19.0. The normalized spacial score (nSPS) is 12.6. The van der Waals surface area contributed by atoms with Crippen molar-refractivity contribution < 1.29 is 19.4 Å². The number of carbonyl (C=O) groups excluding carboxylic acids is 1. The van der Waals surface area contributed by atoms with Crippen LogP contribution in [0.1, 0.15) is 40.2 Å². The van der Waals surface area contributed by atoms with Crippen LogP contribution in [0.15, 0.2) is 12.1 Å². The average molecular weight is 373 g/mol. The Kier molecular flexibility index (Phi) is 8.48. The van der Waals surface area contributed by atoms with E-state index in [2.05, 4.69) is 10.6 Å². The van der Waals surface area contributed by atoms with Gasteiger partial charge in [0.25, 0.3) is 5.91 Å². The van der Waals surface area contributed by atoms with Crippen LogP contribution in [0.25, 0.3) is 0 Å². The van der Waals surface area contributed by atoms with Crippen LogP contribution in [-0.2, 0) is 11.3 Å². The summed E-state index contributed by atoms with van der Waals surface area (Å²) in [4.78, 5) is 11.9. The lowest BCUT2D eigenvalue weighted by atomic mass is 10.1. The SMILES string of the molecule is CCOc1cc(CNCC(C)O)c(Cl)cc1OCC(=O)NC(C)(C)C. The molecule has 0 aromatic heterocycles. The fourth-order valence-electron chi connectivity index (χ4n) is 2.11. The third-order valence-corrected chi connectivity index (χ3v) is 3.39. The van der Waals surface area contributed by atoms with Crippen LogP contribution < -0.4 is 20.1 Å². The van der Waals surface area contributed by atoms with E-state index in [9.17, 15) is 9.90 Å². The number of aliphatic hydroxyl groups excluding tert-OH is 1. The summed E-state index contributed by atoms with van der Waals surface area (Å²) in [6.45, 7) is 10.6. The molecule has 0 bridgehead atoms. The molecule has 142 valence electrons. The average Bonchev–Trinajstić information content (AvgIpc) is 2.46. The van der Waals surface area contributed by atoms with E-state index < -0.39 is 6.10 Å². The van der Waals surface area contributed by atoms with Gasteiger partial charge >= 0.3 is 0 Å². The zero-order valence-electron chi connectivity index (χ0n) is 15.6. The fourth-order valence-corrected chi connectivity index (χ4v) is 2.33. The summed E-state index contributed by atoms with van der Waals surface area (Å²) in [6.07, 6.45) is -0.436. The third-order valence-electron chi connectivity index (χ3n) is 3.04. The number of aliphatic hydroxyl groups is 1. The Hall–Kier alpha value is -1.50. The minimum atomic E-state index is -0.436. The van der Waals surface area contributed by atoms with Crippen molar-refractivity contribution in [3.63, 3.8) is 0 Å². The van der Waals surface area contributed by atoms with Crippen molar-refractivity contribution in [3.8, 4) is 11.5 Å². The first kappa shape index (κ1) is 21.5. The molecule has 1 aromatic carbocycles. The Morgan fingerprint density at radius 3 is 2.48 bits per heavy atom. The van der Waals surface area contributed by atoms with Crippen molar-refractivity contribution >= 4 is 17.5 Å². The zero-order valence-corrected chi connectivity index (χ0v) is 16.4. The molecular formula is C18H29ClN2O4. The monoisotopic (exact) mass is 372 g/mol. The lowest BCUT2D eigenvalue weighted by Gasteiger charge is -2.21. The maximum atomic E-state index is 11.9. The summed E-state index contributed by atoms with van der Waals surface area (Å²) in [5, 5.41) is 15.8. The van der Waals surface area contributed by atoms with Crippen molar-refractivity contribution in [1.82, 2.24) is 10.6 Å². The summed E-state index contributed by atoms with van der Waals surface area (Å²) >= 11 is 6.30. The molecule has 0 saturated heterocycles. The summed E-state index contributed by atoms with van der Waals surface area (Å²) < 4.78 is 11.2. The van der Waals surface area contributed by atoms with Gasteiger partial charge in [-0.15, -0.1) is 0 Å². The minimum Gasteiger partial charge on any atom is -0.490 e. The number of rotatable bonds is 9. The predicted molar refractivity (Wildman–Crippen MR) is 99.4 cm³/mol. The molecule has 6 nitrogen and oxygen atoms in total. The van der Waals surface area contributed by atoms with E-state index in [1.807, 2.05) is 27.7 Å². The van der Waals surface area contributed by atoms with Crippen molar-refractivity contribution in [1.29, 1.82) is 0 Å². The molecule has 0 saturated carbocycles. The van der Waals surface area contributed by atoms with Gasteiger partial charge in [0.05, 0.1) is 12.7 Å². The lowest BCUT2D eigenvalue weighted by molar-refractivity contribution is -0.124. The molecule has 0 aliphatic rings. The Morgan fingerprint density at radius 1 is 1.28 bits per heavy atom. The van der Waals surface area contributed by atoms with Crippen LogP contribution in [0.3, 0.4) is 0 Å². The summed E-state index contributed by atoms with van der Waals surface area (Å²) in [7, 11) is 0. The smallest absolute Gasteiger partial charge is 0.258 e. The fraction of sp³-hybridized carbons (Fsp3) is 0.611. The molecule has 1 aromatic rings. The molecule has 0 radical (unpaired) electrons.